The Morgan fingerprint density at radius 2 is 2.03 bits per heavy atom. The Balaban J connectivity index is 1.89. The van der Waals surface area contributed by atoms with Crippen LogP contribution in [-0.2, 0) is 10.0 Å². The molecule has 1 aliphatic rings. The van der Waals surface area contributed by atoms with Gasteiger partial charge in [-0.1, -0.05) is 19.1 Å². The van der Waals surface area contributed by atoms with Crippen molar-refractivity contribution in [1.82, 2.24) is 20.3 Å². The fourth-order valence-electron chi connectivity index (χ4n) is 4.01. The summed E-state index contributed by atoms with van der Waals surface area (Å²) in [6.07, 6.45) is 3.57. The topological polar surface area (TPSA) is 111 Å². The first kappa shape index (κ1) is 23.2. The monoisotopic (exact) mass is 495 g/mol. The molecule has 4 rings (SSSR count). The lowest BCUT2D eigenvalue weighted by atomic mass is 9.98. The van der Waals surface area contributed by atoms with Gasteiger partial charge in [0.15, 0.2) is 0 Å². The van der Waals surface area contributed by atoms with Gasteiger partial charge in [-0.3, -0.25) is 0 Å². The van der Waals surface area contributed by atoms with Crippen molar-refractivity contribution in [2.45, 2.75) is 37.4 Å². The maximum absolute atomic E-state index is 15.7. The summed E-state index contributed by atoms with van der Waals surface area (Å²) in [5, 5.41) is 8.55. The lowest BCUT2D eigenvalue weighted by Crippen LogP contribution is -2.26. The number of halogens is 2. The average molecular weight is 496 g/mol. The minimum absolute atomic E-state index is 0.0376. The molecule has 11 heteroatoms. The molecule has 0 spiro atoms. The number of aromatic nitrogens is 3. The summed E-state index contributed by atoms with van der Waals surface area (Å²) in [7, 11) is -3.97. The van der Waals surface area contributed by atoms with Crippen LogP contribution < -0.4 is 10.5 Å². The number of nitrogens with zero attached hydrogens (tertiary/aromatic N) is 3. The molecule has 32 heavy (non-hydrogen) atoms. The second kappa shape index (κ2) is 9.48. The van der Waals surface area contributed by atoms with E-state index in [2.05, 4.69) is 15.3 Å². The number of benzene rings is 1. The minimum atomic E-state index is -3.97. The smallest absolute Gasteiger partial charge is 0.222 e. The molecule has 0 bridgehead atoms. The number of rotatable bonds is 6. The molecule has 0 radical (unpaired) electrons. The lowest BCUT2D eigenvalue weighted by molar-refractivity contribution is 0.459. The van der Waals surface area contributed by atoms with Crippen molar-refractivity contribution in [3.8, 4) is 21.8 Å². The summed E-state index contributed by atoms with van der Waals surface area (Å²) in [5.41, 5.74) is 1.21. The second-order valence-electron chi connectivity index (χ2n) is 7.66. The standard InChI is InChI=1S/C21H23ClFN5O2S2/c1-2-16(32(24,29)30)13-4-3-5-14(17(13)23)18-19(15-8-11-26-21(22)27-15)31-20(28-18)12-6-9-25-10-7-12/h3-5,8,11-12,16,25H,2,6-7,9-10H2,1H3,(H2,24,29,30). The van der Waals surface area contributed by atoms with Crippen LogP contribution >= 0.6 is 22.9 Å². The number of sulfonamides is 1. The molecule has 0 saturated carbocycles. The van der Waals surface area contributed by atoms with Gasteiger partial charge in [-0.15, -0.1) is 11.3 Å². The third-order valence-corrected chi connectivity index (χ3v) is 8.39. The number of primary sulfonamides is 1. The van der Waals surface area contributed by atoms with E-state index in [4.69, 9.17) is 21.7 Å². The van der Waals surface area contributed by atoms with E-state index < -0.39 is 21.1 Å². The lowest BCUT2D eigenvalue weighted by Gasteiger charge is -2.20. The Morgan fingerprint density at radius 3 is 2.69 bits per heavy atom. The first-order valence-corrected chi connectivity index (χ1v) is 13.1. The molecule has 1 fully saturated rings. The largest absolute Gasteiger partial charge is 0.317 e. The molecule has 0 aliphatic carbocycles. The SMILES string of the molecule is CCC(c1cccc(-c2nc(C3CCNCC3)sc2-c2ccnc(Cl)n2)c1F)S(N)(=O)=O. The van der Waals surface area contributed by atoms with Gasteiger partial charge >= 0.3 is 0 Å². The van der Waals surface area contributed by atoms with Gasteiger partial charge in [0, 0.05) is 23.2 Å². The summed E-state index contributed by atoms with van der Waals surface area (Å²) in [4.78, 5) is 13.7. The summed E-state index contributed by atoms with van der Waals surface area (Å²) >= 11 is 7.47. The Kier molecular flexibility index (Phi) is 6.87. The summed E-state index contributed by atoms with van der Waals surface area (Å²) in [6.45, 7) is 3.45. The van der Waals surface area contributed by atoms with Gasteiger partial charge in [-0.05, 0) is 56.1 Å². The molecular formula is C21H23ClFN5O2S2. The van der Waals surface area contributed by atoms with Crippen molar-refractivity contribution in [2.24, 2.45) is 5.14 Å². The van der Waals surface area contributed by atoms with E-state index in [0.717, 1.165) is 30.9 Å². The highest BCUT2D eigenvalue weighted by molar-refractivity contribution is 7.89. The van der Waals surface area contributed by atoms with Crippen molar-refractivity contribution < 1.29 is 12.8 Å². The van der Waals surface area contributed by atoms with E-state index in [1.54, 1.807) is 31.3 Å². The van der Waals surface area contributed by atoms with E-state index in [9.17, 15) is 8.42 Å². The fourth-order valence-corrected chi connectivity index (χ4v) is 6.38. The van der Waals surface area contributed by atoms with Crippen molar-refractivity contribution in [2.75, 3.05) is 13.1 Å². The number of hydrogen-bond donors (Lipinski definition) is 2. The molecule has 1 aromatic carbocycles. The van der Waals surface area contributed by atoms with E-state index in [0.29, 0.717) is 16.3 Å². The van der Waals surface area contributed by atoms with Crippen LogP contribution in [0.3, 0.4) is 0 Å². The molecule has 7 nitrogen and oxygen atoms in total. The minimum Gasteiger partial charge on any atom is -0.317 e. The number of nitrogens with two attached hydrogens (primary N) is 1. The Labute approximate surface area is 195 Å². The van der Waals surface area contributed by atoms with Crippen LogP contribution in [0, 0.1) is 5.82 Å². The van der Waals surface area contributed by atoms with Crippen LogP contribution in [0.15, 0.2) is 30.5 Å². The maximum Gasteiger partial charge on any atom is 0.222 e. The van der Waals surface area contributed by atoms with Crippen LogP contribution in [0.2, 0.25) is 5.28 Å². The molecule has 2 aromatic heterocycles. The van der Waals surface area contributed by atoms with Crippen molar-refractivity contribution in [3.63, 3.8) is 0 Å². The summed E-state index contributed by atoms with van der Waals surface area (Å²) < 4.78 is 39.8. The fraction of sp³-hybridized carbons (Fsp3) is 0.381. The van der Waals surface area contributed by atoms with Crippen molar-refractivity contribution in [3.05, 3.63) is 52.1 Å². The zero-order valence-corrected chi connectivity index (χ0v) is 19.8. The number of thiazole rings is 1. The Bertz CT molecular complexity index is 1230. The molecule has 170 valence electrons. The molecule has 1 saturated heterocycles. The zero-order chi connectivity index (χ0) is 22.9. The van der Waals surface area contributed by atoms with Gasteiger partial charge in [0.05, 0.1) is 21.3 Å². The molecule has 3 N–H and O–H groups in total. The quantitative estimate of drug-likeness (QED) is 0.494. The molecular weight excluding hydrogens is 473 g/mol. The van der Waals surface area contributed by atoms with Crippen LogP contribution in [0.25, 0.3) is 21.8 Å². The van der Waals surface area contributed by atoms with Crippen LogP contribution in [0.4, 0.5) is 4.39 Å². The highest BCUT2D eigenvalue weighted by Crippen LogP contribution is 2.42. The van der Waals surface area contributed by atoms with Crippen molar-refractivity contribution >= 4 is 33.0 Å². The third-order valence-electron chi connectivity index (χ3n) is 5.59. The predicted molar refractivity (Wildman–Crippen MR) is 125 cm³/mol. The van der Waals surface area contributed by atoms with Gasteiger partial charge in [0.2, 0.25) is 15.3 Å². The molecule has 1 unspecified atom stereocenters. The highest BCUT2D eigenvalue weighted by atomic mass is 35.5. The van der Waals surface area contributed by atoms with Gasteiger partial charge in [-0.2, -0.15) is 0 Å². The van der Waals surface area contributed by atoms with Gasteiger partial charge in [0.25, 0.3) is 0 Å². The highest BCUT2D eigenvalue weighted by Gasteiger charge is 2.29. The van der Waals surface area contributed by atoms with Crippen LogP contribution in [0.5, 0.6) is 0 Å². The average Bonchev–Trinajstić information content (AvgIpc) is 3.20. The first-order chi connectivity index (χ1) is 15.3. The molecule has 3 aromatic rings. The summed E-state index contributed by atoms with van der Waals surface area (Å²) in [5.74, 6) is -0.387. The second-order valence-corrected chi connectivity index (χ2v) is 10.8. The maximum atomic E-state index is 15.7. The number of hydrogen-bond acceptors (Lipinski definition) is 7. The third kappa shape index (κ3) is 4.69. The van der Waals surface area contributed by atoms with E-state index in [1.165, 1.54) is 17.4 Å². The van der Waals surface area contributed by atoms with E-state index >= 15 is 4.39 Å². The molecule has 1 aliphatic heterocycles. The number of nitrogens with one attached hydrogen (secondary N) is 1. The molecule has 0 amide bonds. The van der Waals surface area contributed by atoms with E-state index in [1.807, 2.05) is 0 Å². The van der Waals surface area contributed by atoms with Gasteiger partial charge in [-0.25, -0.2) is 32.9 Å². The molecule has 3 heterocycles. The summed E-state index contributed by atoms with van der Waals surface area (Å²) in [6, 6.07) is 6.39. The van der Waals surface area contributed by atoms with E-state index in [-0.39, 0.29) is 28.7 Å². The molecule has 1 atom stereocenters. The van der Waals surface area contributed by atoms with Crippen molar-refractivity contribution in [1.29, 1.82) is 0 Å². The zero-order valence-electron chi connectivity index (χ0n) is 17.4. The Morgan fingerprint density at radius 1 is 1.28 bits per heavy atom. The predicted octanol–water partition coefficient (Wildman–Crippen LogP) is 4.27. The number of piperidine rings is 1. The van der Waals surface area contributed by atoms with Crippen LogP contribution in [0.1, 0.15) is 47.9 Å². The first-order valence-electron chi connectivity index (χ1n) is 10.3. The van der Waals surface area contributed by atoms with Crippen LogP contribution in [-0.4, -0.2) is 36.5 Å². The van der Waals surface area contributed by atoms with Gasteiger partial charge < -0.3 is 5.32 Å². The van der Waals surface area contributed by atoms with Gasteiger partial charge in [0.1, 0.15) is 11.1 Å². The normalized spacial score (nSPS) is 16.2. The Hall–Kier alpha value is -1.98.